The van der Waals surface area contributed by atoms with Crippen molar-refractivity contribution in [3.8, 4) is 0 Å². The summed E-state index contributed by atoms with van der Waals surface area (Å²) in [5.41, 5.74) is 1.95. The molecule has 1 aromatic carbocycles. The van der Waals surface area contributed by atoms with Crippen LogP contribution < -0.4 is 10.6 Å². The minimum Gasteiger partial charge on any atom is -0.371 e. The van der Waals surface area contributed by atoms with Gasteiger partial charge in [0.05, 0.1) is 11.9 Å². The predicted molar refractivity (Wildman–Crippen MR) is 79.3 cm³/mol. The van der Waals surface area contributed by atoms with Crippen LogP contribution in [0.25, 0.3) is 0 Å². The van der Waals surface area contributed by atoms with E-state index in [0.717, 1.165) is 17.8 Å². The summed E-state index contributed by atoms with van der Waals surface area (Å²) in [6.45, 7) is 5.21. The third-order valence-corrected chi connectivity index (χ3v) is 3.04. The normalized spacial score (nSPS) is 11.9. The molecule has 1 heterocycles. The highest BCUT2D eigenvalue weighted by molar-refractivity contribution is 5.84. The van der Waals surface area contributed by atoms with Gasteiger partial charge in [-0.1, -0.05) is 30.3 Å². The van der Waals surface area contributed by atoms with E-state index in [4.69, 9.17) is 0 Å². The van der Waals surface area contributed by atoms with Gasteiger partial charge in [0.25, 0.3) is 0 Å². The highest BCUT2D eigenvalue weighted by Crippen LogP contribution is 2.07. The molecule has 0 saturated carbocycles. The third-order valence-electron chi connectivity index (χ3n) is 3.04. The molecule has 2 N–H and O–H groups in total. The van der Waals surface area contributed by atoms with E-state index in [2.05, 4.69) is 15.7 Å². The Kier molecular flexibility index (Phi) is 4.76. The van der Waals surface area contributed by atoms with Gasteiger partial charge in [-0.3, -0.25) is 9.48 Å². The molecule has 5 nitrogen and oxygen atoms in total. The van der Waals surface area contributed by atoms with Crippen molar-refractivity contribution in [2.75, 3.05) is 5.32 Å². The second-order valence-corrected chi connectivity index (χ2v) is 4.65. The number of aryl methyl sites for hydroxylation is 1. The first-order valence-corrected chi connectivity index (χ1v) is 6.79. The molecule has 20 heavy (non-hydrogen) atoms. The van der Waals surface area contributed by atoms with E-state index in [1.165, 1.54) is 0 Å². The van der Waals surface area contributed by atoms with Gasteiger partial charge >= 0.3 is 0 Å². The molecule has 1 aromatic heterocycles. The van der Waals surface area contributed by atoms with Crippen molar-refractivity contribution in [2.24, 2.45) is 0 Å². The fourth-order valence-electron chi connectivity index (χ4n) is 1.86. The Hall–Kier alpha value is -2.30. The van der Waals surface area contributed by atoms with E-state index < -0.39 is 0 Å². The molecule has 0 radical (unpaired) electrons. The molecule has 0 spiro atoms. The van der Waals surface area contributed by atoms with E-state index in [-0.39, 0.29) is 11.9 Å². The number of benzene rings is 1. The number of aromatic nitrogens is 2. The first-order chi connectivity index (χ1) is 9.69. The fraction of sp³-hybridized carbons (Fsp3) is 0.333. The summed E-state index contributed by atoms with van der Waals surface area (Å²) >= 11 is 0. The van der Waals surface area contributed by atoms with Crippen LogP contribution in [0.3, 0.4) is 0 Å². The van der Waals surface area contributed by atoms with Crippen molar-refractivity contribution in [1.82, 2.24) is 15.1 Å². The highest BCUT2D eigenvalue weighted by atomic mass is 16.2. The van der Waals surface area contributed by atoms with E-state index in [0.29, 0.717) is 6.54 Å². The first-order valence-electron chi connectivity index (χ1n) is 6.79. The molecule has 0 aliphatic carbocycles. The first kappa shape index (κ1) is 14.1. The zero-order valence-corrected chi connectivity index (χ0v) is 11.8. The summed E-state index contributed by atoms with van der Waals surface area (Å²) in [4.78, 5) is 12.0. The van der Waals surface area contributed by atoms with Crippen molar-refractivity contribution >= 4 is 11.6 Å². The standard InChI is InChI=1S/C15H20N4O/c1-3-19-11-14(10-17-19)18-12(2)15(20)16-9-13-7-5-4-6-8-13/h4-8,10-12,18H,3,9H2,1-2H3,(H,16,20)/t12-/m0/s1. The Balaban J connectivity index is 1.82. The topological polar surface area (TPSA) is 59.0 Å². The molecule has 0 aliphatic heterocycles. The lowest BCUT2D eigenvalue weighted by Gasteiger charge is -2.13. The van der Waals surface area contributed by atoms with Crippen LogP contribution in [-0.4, -0.2) is 21.7 Å². The Bertz CT molecular complexity index is 550. The molecule has 0 saturated heterocycles. The van der Waals surface area contributed by atoms with Crippen LogP contribution in [0.1, 0.15) is 19.4 Å². The second kappa shape index (κ2) is 6.75. The zero-order valence-electron chi connectivity index (χ0n) is 11.8. The lowest BCUT2D eigenvalue weighted by molar-refractivity contribution is -0.121. The number of amides is 1. The number of nitrogens with one attached hydrogen (secondary N) is 2. The van der Waals surface area contributed by atoms with Gasteiger partial charge in [-0.05, 0) is 19.4 Å². The number of hydrogen-bond donors (Lipinski definition) is 2. The maximum atomic E-state index is 12.0. The molecule has 2 rings (SSSR count). The summed E-state index contributed by atoms with van der Waals surface area (Å²) < 4.78 is 1.82. The van der Waals surface area contributed by atoms with Gasteiger partial charge in [-0.15, -0.1) is 0 Å². The van der Waals surface area contributed by atoms with Gasteiger partial charge in [0, 0.05) is 19.3 Å². The summed E-state index contributed by atoms with van der Waals surface area (Å²) in [6, 6.07) is 9.56. The molecule has 2 aromatic rings. The molecular formula is C15H20N4O. The molecule has 106 valence electrons. The summed E-state index contributed by atoms with van der Waals surface area (Å²) in [5.74, 6) is -0.0295. The van der Waals surface area contributed by atoms with E-state index in [1.807, 2.05) is 55.1 Å². The number of nitrogens with zero attached hydrogens (tertiary/aromatic N) is 2. The average molecular weight is 272 g/mol. The van der Waals surface area contributed by atoms with Gasteiger partial charge in [-0.25, -0.2) is 0 Å². The van der Waals surface area contributed by atoms with Crippen LogP contribution in [0, 0.1) is 0 Å². The smallest absolute Gasteiger partial charge is 0.242 e. The van der Waals surface area contributed by atoms with Crippen LogP contribution in [0.2, 0.25) is 0 Å². The van der Waals surface area contributed by atoms with Crippen LogP contribution in [-0.2, 0) is 17.9 Å². The molecule has 0 bridgehead atoms. The number of rotatable bonds is 6. The molecule has 1 atom stereocenters. The van der Waals surface area contributed by atoms with Crippen molar-refractivity contribution in [3.05, 3.63) is 48.3 Å². The molecular weight excluding hydrogens is 252 g/mol. The van der Waals surface area contributed by atoms with Crippen molar-refractivity contribution in [2.45, 2.75) is 33.0 Å². The Labute approximate surface area is 119 Å². The molecule has 0 fully saturated rings. The number of anilines is 1. The van der Waals surface area contributed by atoms with Crippen LogP contribution >= 0.6 is 0 Å². The Morgan fingerprint density at radius 3 is 2.75 bits per heavy atom. The van der Waals surface area contributed by atoms with Gasteiger partial charge < -0.3 is 10.6 Å². The van der Waals surface area contributed by atoms with Gasteiger partial charge in [0.1, 0.15) is 6.04 Å². The van der Waals surface area contributed by atoms with Crippen molar-refractivity contribution in [3.63, 3.8) is 0 Å². The lowest BCUT2D eigenvalue weighted by Crippen LogP contribution is -2.37. The summed E-state index contributed by atoms with van der Waals surface area (Å²) in [7, 11) is 0. The average Bonchev–Trinajstić information content (AvgIpc) is 2.93. The van der Waals surface area contributed by atoms with Crippen LogP contribution in [0.4, 0.5) is 5.69 Å². The third kappa shape index (κ3) is 3.85. The fourth-order valence-corrected chi connectivity index (χ4v) is 1.86. The quantitative estimate of drug-likeness (QED) is 0.846. The van der Waals surface area contributed by atoms with Crippen molar-refractivity contribution in [1.29, 1.82) is 0 Å². The molecule has 0 aliphatic rings. The number of carbonyl (C=O) groups excluding carboxylic acids is 1. The Morgan fingerprint density at radius 1 is 1.35 bits per heavy atom. The maximum Gasteiger partial charge on any atom is 0.242 e. The SMILES string of the molecule is CCn1cc(N[C@@H](C)C(=O)NCc2ccccc2)cn1. The van der Waals surface area contributed by atoms with Gasteiger partial charge in [-0.2, -0.15) is 5.10 Å². The van der Waals surface area contributed by atoms with E-state index in [9.17, 15) is 4.79 Å². The molecule has 0 unspecified atom stereocenters. The van der Waals surface area contributed by atoms with Gasteiger partial charge in [0.2, 0.25) is 5.91 Å². The summed E-state index contributed by atoms with van der Waals surface area (Å²) in [6.07, 6.45) is 3.62. The monoisotopic (exact) mass is 272 g/mol. The van der Waals surface area contributed by atoms with Gasteiger partial charge in [0.15, 0.2) is 0 Å². The lowest BCUT2D eigenvalue weighted by atomic mass is 10.2. The molecule has 5 heteroatoms. The minimum absolute atomic E-state index is 0.0295. The van der Waals surface area contributed by atoms with Crippen molar-refractivity contribution < 1.29 is 4.79 Å². The van der Waals surface area contributed by atoms with E-state index in [1.54, 1.807) is 6.20 Å². The van der Waals surface area contributed by atoms with E-state index >= 15 is 0 Å². The largest absolute Gasteiger partial charge is 0.371 e. The predicted octanol–water partition coefficient (Wildman–Crippen LogP) is 2.02. The van der Waals surface area contributed by atoms with Crippen LogP contribution in [0.5, 0.6) is 0 Å². The Morgan fingerprint density at radius 2 is 2.10 bits per heavy atom. The second-order valence-electron chi connectivity index (χ2n) is 4.65. The number of carbonyl (C=O) groups is 1. The zero-order chi connectivity index (χ0) is 14.4. The molecule has 1 amide bonds. The maximum absolute atomic E-state index is 12.0. The minimum atomic E-state index is -0.298. The summed E-state index contributed by atoms with van der Waals surface area (Å²) in [5, 5.41) is 10.2. The van der Waals surface area contributed by atoms with Crippen LogP contribution in [0.15, 0.2) is 42.7 Å². The highest BCUT2D eigenvalue weighted by Gasteiger charge is 2.12. The number of hydrogen-bond acceptors (Lipinski definition) is 3.